The molecule has 0 amide bonds. The van der Waals surface area contributed by atoms with Crippen molar-refractivity contribution in [3.8, 4) is 11.1 Å². The van der Waals surface area contributed by atoms with Crippen molar-refractivity contribution in [2.45, 2.75) is 19.6 Å². The van der Waals surface area contributed by atoms with E-state index >= 15 is 0 Å². The second-order valence-electron chi connectivity index (χ2n) is 4.64. The van der Waals surface area contributed by atoms with Crippen molar-refractivity contribution in [1.82, 2.24) is 5.32 Å². The minimum Gasteiger partial charge on any atom is -0.313 e. The fourth-order valence-corrected chi connectivity index (χ4v) is 2.12. The van der Waals surface area contributed by atoms with Crippen LogP contribution >= 0.6 is 0 Å². The fourth-order valence-electron chi connectivity index (χ4n) is 2.12. The van der Waals surface area contributed by atoms with Crippen LogP contribution in [-0.2, 0) is 12.7 Å². The summed E-state index contributed by atoms with van der Waals surface area (Å²) in [6.45, 7) is 3.14. The zero-order valence-electron chi connectivity index (χ0n) is 11.5. The predicted molar refractivity (Wildman–Crippen MR) is 74.2 cm³/mol. The van der Waals surface area contributed by atoms with Gasteiger partial charge in [0.05, 0.1) is 5.56 Å². The molecule has 1 nitrogen and oxygen atoms in total. The largest absolute Gasteiger partial charge is 0.417 e. The molecule has 0 aliphatic rings. The number of alkyl halides is 3. The molecule has 2 aromatic rings. The molecule has 2 rings (SSSR count). The molecule has 0 aliphatic carbocycles. The van der Waals surface area contributed by atoms with Crippen molar-refractivity contribution in [3.63, 3.8) is 0 Å². The van der Waals surface area contributed by atoms with Gasteiger partial charge in [-0.2, -0.15) is 13.2 Å². The normalized spacial score (nSPS) is 11.7. The van der Waals surface area contributed by atoms with Crippen LogP contribution < -0.4 is 5.32 Å². The maximum Gasteiger partial charge on any atom is 0.417 e. The van der Waals surface area contributed by atoms with E-state index in [0.717, 1.165) is 12.6 Å². The first-order valence-electron chi connectivity index (χ1n) is 6.59. The topological polar surface area (TPSA) is 12.0 Å². The number of halogens is 4. The maximum atomic E-state index is 14.1. The maximum absolute atomic E-state index is 14.1. The Morgan fingerprint density at radius 2 is 1.71 bits per heavy atom. The van der Waals surface area contributed by atoms with E-state index in [1.54, 1.807) is 6.07 Å². The first-order valence-corrected chi connectivity index (χ1v) is 6.59. The summed E-state index contributed by atoms with van der Waals surface area (Å²) in [7, 11) is 0. The van der Waals surface area contributed by atoms with E-state index in [4.69, 9.17) is 0 Å². The first kappa shape index (κ1) is 15.5. The van der Waals surface area contributed by atoms with Crippen molar-refractivity contribution in [3.05, 3.63) is 59.4 Å². The summed E-state index contributed by atoms with van der Waals surface area (Å²) in [5.74, 6) is -0.651. The highest BCUT2D eigenvalue weighted by atomic mass is 19.4. The van der Waals surface area contributed by atoms with Crippen molar-refractivity contribution < 1.29 is 17.6 Å². The van der Waals surface area contributed by atoms with E-state index in [9.17, 15) is 17.6 Å². The Bertz CT molecular complexity index is 620. The van der Waals surface area contributed by atoms with E-state index < -0.39 is 17.6 Å². The Morgan fingerprint density at radius 1 is 1.00 bits per heavy atom. The monoisotopic (exact) mass is 297 g/mol. The Hall–Kier alpha value is -1.88. The molecule has 0 unspecified atom stereocenters. The van der Waals surface area contributed by atoms with Crippen LogP contribution in [0.5, 0.6) is 0 Å². The van der Waals surface area contributed by atoms with Gasteiger partial charge in [0, 0.05) is 12.1 Å². The van der Waals surface area contributed by atoms with Gasteiger partial charge in [-0.1, -0.05) is 37.3 Å². The number of benzene rings is 2. The lowest BCUT2D eigenvalue weighted by Crippen LogP contribution is -2.12. The molecule has 0 atom stereocenters. The van der Waals surface area contributed by atoms with Gasteiger partial charge in [0.1, 0.15) is 5.82 Å². The van der Waals surface area contributed by atoms with Crippen LogP contribution in [0.25, 0.3) is 11.1 Å². The third-order valence-corrected chi connectivity index (χ3v) is 3.14. The standard InChI is InChI=1S/C16H15F4N/c1-2-21-10-11-7-8-13(15(17)9-11)12-5-3-4-6-14(12)16(18,19)20/h3-9,21H,2,10H2,1H3. The lowest BCUT2D eigenvalue weighted by molar-refractivity contribution is -0.137. The number of hydrogen-bond acceptors (Lipinski definition) is 1. The summed E-state index contributed by atoms with van der Waals surface area (Å²) in [4.78, 5) is 0. The number of nitrogens with one attached hydrogen (secondary N) is 1. The Labute approximate surface area is 120 Å². The van der Waals surface area contributed by atoms with Crippen molar-refractivity contribution in [1.29, 1.82) is 0 Å². The van der Waals surface area contributed by atoms with Gasteiger partial charge in [0.2, 0.25) is 0 Å². The molecule has 0 saturated heterocycles. The van der Waals surface area contributed by atoms with Crippen LogP contribution in [0.3, 0.4) is 0 Å². The van der Waals surface area contributed by atoms with Crippen LogP contribution in [0.4, 0.5) is 17.6 Å². The van der Waals surface area contributed by atoms with Gasteiger partial charge in [-0.05, 0) is 29.8 Å². The zero-order chi connectivity index (χ0) is 15.5. The molecule has 112 valence electrons. The summed E-state index contributed by atoms with van der Waals surface area (Å²) in [6, 6.07) is 9.30. The summed E-state index contributed by atoms with van der Waals surface area (Å²) in [5.41, 5.74) is -0.313. The molecule has 0 saturated carbocycles. The molecule has 5 heteroatoms. The van der Waals surface area contributed by atoms with E-state index in [2.05, 4.69) is 5.32 Å². The molecular formula is C16H15F4N. The molecule has 0 bridgehead atoms. The third-order valence-electron chi connectivity index (χ3n) is 3.14. The quantitative estimate of drug-likeness (QED) is 0.812. The van der Waals surface area contributed by atoms with Crippen molar-refractivity contribution in [2.75, 3.05) is 6.54 Å². The molecule has 0 aromatic heterocycles. The van der Waals surface area contributed by atoms with Crippen LogP contribution in [0.1, 0.15) is 18.1 Å². The molecule has 0 spiro atoms. The highest BCUT2D eigenvalue weighted by Gasteiger charge is 2.33. The van der Waals surface area contributed by atoms with Crippen LogP contribution in [-0.4, -0.2) is 6.54 Å². The van der Waals surface area contributed by atoms with Crippen LogP contribution in [0.2, 0.25) is 0 Å². The molecule has 0 heterocycles. The SMILES string of the molecule is CCNCc1ccc(-c2ccccc2C(F)(F)F)c(F)c1. The molecule has 21 heavy (non-hydrogen) atoms. The smallest absolute Gasteiger partial charge is 0.313 e. The molecule has 2 aromatic carbocycles. The Balaban J connectivity index is 2.44. The van der Waals surface area contributed by atoms with Gasteiger partial charge in [0.15, 0.2) is 0 Å². The minimum atomic E-state index is -4.51. The van der Waals surface area contributed by atoms with Crippen LogP contribution in [0, 0.1) is 5.82 Å². The minimum absolute atomic E-state index is 0.0387. The Kier molecular flexibility index (Phi) is 4.63. The van der Waals surface area contributed by atoms with E-state index in [1.165, 1.54) is 30.3 Å². The summed E-state index contributed by atoms with van der Waals surface area (Å²) in [6.07, 6.45) is -4.51. The average molecular weight is 297 g/mol. The highest BCUT2D eigenvalue weighted by molar-refractivity contribution is 5.69. The van der Waals surface area contributed by atoms with Crippen molar-refractivity contribution >= 4 is 0 Å². The zero-order valence-corrected chi connectivity index (χ0v) is 11.5. The Morgan fingerprint density at radius 3 is 2.33 bits per heavy atom. The second kappa shape index (κ2) is 6.26. The molecule has 0 radical (unpaired) electrons. The van der Waals surface area contributed by atoms with Gasteiger partial charge >= 0.3 is 6.18 Å². The molecular weight excluding hydrogens is 282 g/mol. The highest BCUT2D eigenvalue weighted by Crippen LogP contribution is 2.37. The van der Waals surface area contributed by atoms with Gasteiger partial charge in [0.25, 0.3) is 0 Å². The van der Waals surface area contributed by atoms with E-state index in [0.29, 0.717) is 12.1 Å². The third kappa shape index (κ3) is 3.61. The van der Waals surface area contributed by atoms with Gasteiger partial charge in [-0.3, -0.25) is 0 Å². The number of hydrogen-bond donors (Lipinski definition) is 1. The lowest BCUT2D eigenvalue weighted by atomic mass is 9.97. The first-order chi connectivity index (χ1) is 9.93. The van der Waals surface area contributed by atoms with Crippen molar-refractivity contribution in [2.24, 2.45) is 0 Å². The summed E-state index contributed by atoms with van der Waals surface area (Å²) >= 11 is 0. The molecule has 0 aliphatic heterocycles. The van der Waals surface area contributed by atoms with Gasteiger partial charge in [-0.25, -0.2) is 4.39 Å². The van der Waals surface area contributed by atoms with Gasteiger partial charge < -0.3 is 5.32 Å². The summed E-state index contributed by atoms with van der Waals surface area (Å²) in [5, 5.41) is 3.04. The number of rotatable bonds is 4. The predicted octanol–water partition coefficient (Wildman–Crippen LogP) is 4.62. The molecule has 1 N–H and O–H groups in total. The lowest BCUT2D eigenvalue weighted by Gasteiger charge is -2.14. The van der Waals surface area contributed by atoms with Crippen LogP contribution in [0.15, 0.2) is 42.5 Å². The molecule has 0 fully saturated rings. The van der Waals surface area contributed by atoms with E-state index in [1.807, 2.05) is 6.92 Å². The second-order valence-corrected chi connectivity index (χ2v) is 4.64. The van der Waals surface area contributed by atoms with Gasteiger partial charge in [-0.15, -0.1) is 0 Å². The average Bonchev–Trinajstić information content (AvgIpc) is 2.44. The van der Waals surface area contributed by atoms with E-state index in [-0.39, 0.29) is 11.1 Å². The fraction of sp³-hybridized carbons (Fsp3) is 0.250. The summed E-state index contributed by atoms with van der Waals surface area (Å²) < 4.78 is 53.1.